The molecule has 1 heterocycles. The molecule has 4 heteroatoms. The lowest BCUT2D eigenvalue weighted by atomic mass is 9.94. The van der Waals surface area contributed by atoms with Crippen LogP contribution in [0, 0.1) is 0 Å². The van der Waals surface area contributed by atoms with Crippen LogP contribution in [0.15, 0.2) is 64.2 Å². The van der Waals surface area contributed by atoms with E-state index >= 15 is 0 Å². The molecule has 3 aromatic rings. The van der Waals surface area contributed by atoms with E-state index in [-0.39, 0.29) is 11.1 Å². The Balaban J connectivity index is 2.34. The average Bonchev–Trinajstić information content (AvgIpc) is 2.51. The van der Waals surface area contributed by atoms with Crippen molar-refractivity contribution in [1.29, 1.82) is 0 Å². The molecule has 0 atom stereocenters. The Bertz CT molecular complexity index is 905. The minimum absolute atomic E-state index is 0.195. The molecule has 0 aliphatic rings. The largest absolute Gasteiger partial charge is 0.273 e. The van der Waals surface area contributed by atoms with Gasteiger partial charge in [-0.1, -0.05) is 42.5 Å². The highest BCUT2D eigenvalue weighted by molar-refractivity contribution is 5.80. The molecule has 0 unspecified atom stereocenters. The lowest BCUT2D eigenvalue weighted by molar-refractivity contribution is 0.370. The third-order valence-electron chi connectivity index (χ3n) is 3.86. The zero-order valence-electron chi connectivity index (χ0n) is 12.0. The minimum atomic E-state index is -0.637. The summed E-state index contributed by atoms with van der Waals surface area (Å²) in [7, 11) is 0. The van der Waals surface area contributed by atoms with Crippen LogP contribution in [-0.2, 0) is 5.54 Å². The third kappa shape index (κ3) is 2.09. The summed E-state index contributed by atoms with van der Waals surface area (Å²) in [6.45, 7) is 3.82. The van der Waals surface area contributed by atoms with Crippen LogP contribution in [-0.4, -0.2) is 9.78 Å². The molecule has 0 saturated heterocycles. The quantitative estimate of drug-likeness (QED) is 0.784. The number of aromatic amines is 1. The number of hydrogen-bond donors (Lipinski definition) is 1. The molecule has 0 fully saturated rings. The Morgan fingerprint density at radius 1 is 0.857 bits per heavy atom. The maximum atomic E-state index is 12.7. The van der Waals surface area contributed by atoms with Crippen LogP contribution in [0.5, 0.6) is 0 Å². The van der Waals surface area contributed by atoms with E-state index in [1.165, 1.54) is 4.68 Å². The van der Waals surface area contributed by atoms with Crippen molar-refractivity contribution in [2.24, 2.45) is 0 Å². The highest BCUT2D eigenvalue weighted by atomic mass is 16.2. The van der Waals surface area contributed by atoms with Gasteiger partial charge in [0.1, 0.15) is 0 Å². The predicted octanol–water partition coefficient (Wildman–Crippen LogP) is 2.47. The summed E-state index contributed by atoms with van der Waals surface area (Å²) in [4.78, 5) is 24.9. The number of nitrogens with zero attached hydrogens (tertiary/aromatic N) is 1. The van der Waals surface area contributed by atoms with Gasteiger partial charge in [-0.15, -0.1) is 0 Å². The molecule has 106 valence electrons. The summed E-state index contributed by atoms with van der Waals surface area (Å²) in [5.74, 6) is 0. The second kappa shape index (κ2) is 4.74. The van der Waals surface area contributed by atoms with Gasteiger partial charge in [-0.2, -0.15) is 0 Å². The van der Waals surface area contributed by atoms with E-state index in [0.717, 1.165) is 5.56 Å². The Labute approximate surface area is 121 Å². The zero-order chi connectivity index (χ0) is 15.0. The van der Waals surface area contributed by atoms with Crippen molar-refractivity contribution in [3.63, 3.8) is 0 Å². The van der Waals surface area contributed by atoms with Gasteiger partial charge in [-0.05, 0) is 31.5 Å². The van der Waals surface area contributed by atoms with Crippen LogP contribution < -0.4 is 11.1 Å². The number of benzene rings is 2. The maximum Gasteiger partial charge on any atom is 0.273 e. The molecule has 2 aromatic carbocycles. The molecule has 0 spiro atoms. The first-order chi connectivity index (χ1) is 10.0. The SMILES string of the molecule is CC(C)(c1ccccc1)n1[nH]c(=O)c2ccccc2c1=O. The number of rotatable bonds is 2. The van der Waals surface area contributed by atoms with E-state index in [0.29, 0.717) is 10.8 Å². The summed E-state index contributed by atoms with van der Waals surface area (Å²) in [6, 6.07) is 16.5. The fourth-order valence-corrected chi connectivity index (χ4v) is 2.57. The fourth-order valence-electron chi connectivity index (χ4n) is 2.57. The molecule has 3 rings (SSSR count). The van der Waals surface area contributed by atoms with Crippen LogP contribution in [0.4, 0.5) is 0 Å². The number of fused-ring (bicyclic) bond motifs is 1. The summed E-state index contributed by atoms with van der Waals surface area (Å²) >= 11 is 0. The van der Waals surface area contributed by atoms with Gasteiger partial charge in [0.25, 0.3) is 11.1 Å². The first kappa shape index (κ1) is 13.4. The zero-order valence-corrected chi connectivity index (χ0v) is 12.0. The standard InChI is InChI=1S/C17H16N2O2/c1-17(2,12-8-4-3-5-9-12)19-16(21)14-11-7-6-10-13(14)15(20)18-19/h3-11H,1-2H3,(H,18,20). The van der Waals surface area contributed by atoms with Crippen LogP contribution in [0.1, 0.15) is 19.4 Å². The first-order valence-corrected chi connectivity index (χ1v) is 6.82. The van der Waals surface area contributed by atoms with E-state index < -0.39 is 5.54 Å². The van der Waals surface area contributed by atoms with Crippen molar-refractivity contribution in [1.82, 2.24) is 9.78 Å². The van der Waals surface area contributed by atoms with Crippen molar-refractivity contribution >= 4 is 10.8 Å². The summed E-state index contributed by atoms with van der Waals surface area (Å²) in [5, 5.41) is 3.56. The number of H-pyrrole nitrogens is 1. The van der Waals surface area contributed by atoms with Crippen LogP contribution >= 0.6 is 0 Å². The van der Waals surface area contributed by atoms with Gasteiger partial charge in [0.15, 0.2) is 0 Å². The predicted molar refractivity (Wildman–Crippen MR) is 83.7 cm³/mol. The van der Waals surface area contributed by atoms with Gasteiger partial charge < -0.3 is 0 Å². The van der Waals surface area contributed by atoms with E-state index in [9.17, 15) is 9.59 Å². The molecule has 1 N–H and O–H groups in total. The third-order valence-corrected chi connectivity index (χ3v) is 3.86. The maximum absolute atomic E-state index is 12.7. The molecule has 0 aliphatic heterocycles. The second-order valence-corrected chi connectivity index (χ2v) is 5.55. The van der Waals surface area contributed by atoms with Crippen molar-refractivity contribution in [3.8, 4) is 0 Å². The minimum Gasteiger partial charge on any atom is -0.267 e. The highest BCUT2D eigenvalue weighted by Crippen LogP contribution is 2.22. The fraction of sp³-hybridized carbons (Fsp3) is 0.176. The number of nitrogens with one attached hydrogen (secondary N) is 1. The molecular formula is C17H16N2O2. The monoisotopic (exact) mass is 280 g/mol. The molecule has 0 aliphatic carbocycles. The Morgan fingerprint density at radius 2 is 1.43 bits per heavy atom. The molecule has 0 saturated carbocycles. The molecule has 0 radical (unpaired) electrons. The smallest absolute Gasteiger partial charge is 0.267 e. The Morgan fingerprint density at radius 3 is 2.10 bits per heavy atom. The van der Waals surface area contributed by atoms with Crippen LogP contribution in [0.2, 0.25) is 0 Å². The van der Waals surface area contributed by atoms with Crippen molar-refractivity contribution in [3.05, 3.63) is 80.9 Å². The topological polar surface area (TPSA) is 54.9 Å². The van der Waals surface area contributed by atoms with Gasteiger partial charge in [-0.25, -0.2) is 4.68 Å². The van der Waals surface area contributed by atoms with E-state index in [1.54, 1.807) is 24.3 Å². The lowest BCUT2D eigenvalue weighted by Gasteiger charge is -2.27. The van der Waals surface area contributed by atoms with Crippen molar-refractivity contribution < 1.29 is 0 Å². The van der Waals surface area contributed by atoms with Crippen molar-refractivity contribution in [2.45, 2.75) is 19.4 Å². The van der Waals surface area contributed by atoms with Crippen molar-refractivity contribution in [2.75, 3.05) is 0 Å². The molecule has 0 bridgehead atoms. The van der Waals surface area contributed by atoms with Crippen LogP contribution in [0.25, 0.3) is 10.8 Å². The number of hydrogen-bond acceptors (Lipinski definition) is 2. The van der Waals surface area contributed by atoms with Gasteiger partial charge in [0.05, 0.1) is 16.3 Å². The molecular weight excluding hydrogens is 264 g/mol. The van der Waals surface area contributed by atoms with Gasteiger partial charge >= 0.3 is 0 Å². The highest BCUT2D eigenvalue weighted by Gasteiger charge is 2.25. The van der Waals surface area contributed by atoms with Crippen LogP contribution in [0.3, 0.4) is 0 Å². The molecule has 1 aromatic heterocycles. The second-order valence-electron chi connectivity index (χ2n) is 5.55. The van der Waals surface area contributed by atoms with E-state index in [1.807, 2.05) is 44.2 Å². The molecule has 0 amide bonds. The Hall–Kier alpha value is -2.62. The molecule has 21 heavy (non-hydrogen) atoms. The lowest BCUT2D eigenvalue weighted by Crippen LogP contribution is -2.42. The summed E-state index contributed by atoms with van der Waals surface area (Å²) in [5.41, 5.74) is -0.132. The van der Waals surface area contributed by atoms with Gasteiger partial charge in [-0.3, -0.25) is 14.7 Å². The summed E-state index contributed by atoms with van der Waals surface area (Å²) < 4.78 is 1.41. The number of aromatic nitrogens is 2. The van der Waals surface area contributed by atoms with Gasteiger partial charge in [0.2, 0.25) is 0 Å². The molecule has 4 nitrogen and oxygen atoms in total. The Kier molecular flexibility index (Phi) is 3.01. The summed E-state index contributed by atoms with van der Waals surface area (Å²) in [6.07, 6.45) is 0. The first-order valence-electron chi connectivity index (χ1n) is 6.82. The van der Waals surface area contributed by atoms with E-state index in [2.05, 4.69) is 5.10 Å². The van der Waals surface area contributed by atoms with Gasteiger partial charge in [0, 0.05) is 0 Å². The average molecular weight is 280 g/mol. The van der Waals surface area contributed by atoms with E-state index in [4.69, 9.17) is 0 Å². The normalized spacial score (nSPS) is 11.7.